The number of hydrogen-bond acceptors (Lipinski definition) is 2. The zero-order chi connectivity index (χ0) is 9.26. The van der Waals surface area contributed by atoms with E-state index < -0.39 is 6.03 Å². The number of hydrazone groups is 1. The Balaban J connectivity index is 2.07. The number of allylic oxidation sites excluding steroid dienone is 4. The van der Waals surface area contributed by atoms with Crippen LogP contribution in [0, 0.1) is 11.8 Å². The highest BCUT2D eigenvalue weighted by Gasteiger charge is 2.38. The van der Waals surface area contributed by atoms with Gasteiger partial charge >= 0.3 is 6.03 Å². The SMILES string of the molecule is NC(=O)N/N=C1\C=CC=C[C@@H]2C[C@@H]12. The number of nitrogens with two attached hydrogens (primary N) is 1. The van der Waals surface area contributed by atoms with Crippen molar-refractivity contribution < 1.29 is 4.79 Å². The molecule has 2 aliphatic carbocycles. The van der Waals surface area contributed by atoms with Gasteiger partial charge in [0, 0.05) is 5.92 Å². The fourth-order valence-electron chi connectivity index (χ4n) is 1.49. The second kappa shape index (κ2) is 3.05. The van der Waals surface area contributed by atoms with E-state index in [2.05, 4.69) is 16.6 Å². The lowest BCUT2D eigenvalue weighted by Gasteiger charge is -1.97. The molecular formula is C9H11N3O. The predicted molar refractivity (Wildman–Crippen MR) is 50.0 cm³/mol. The maximum atomic E-state index is 10.4. The van der Waals surface area contributed by atoms with Crippen molar-refractivity contribution in [2.45, 2.75) is 6.42 Å². The molecule has 2 rings (SSSR count). The second-order valence-electron chi connectivity index (χ2n) is 3.26. The van der Waals surface area contributed by atoms with Crippen LogP contribution in [0.4, 0.5) is 4.79 Å². The molecule has 13 heavy (non-hydrogen) atoms. The second-order valence-corrected chi connectivity index (χ2v) is 3.26. The normalized spacial score (nSPS) is 32.5. The van der Waals surface area contributed by atoms with E-state index in [0.717, 1.165) is 12.1 Å². The fourth-order valence-corrected chi connectivity index (χ4v) is 1.49. The summed E-state index contributed by atoms with van der Waals surface area (Å²) < 4.78 is 0. The van der Waals surface area contributed by atoms with Crippen molar-refractivity contribution in [1.29, 1.82) is 0 Å². The van der Waals surface area contributed by atoms with Crippen molar-refractivity contribution in [2.75, 3.05) is 0 Å². The van der Waals surface area contributed by atoms with Crippen LogP contribution in [-0.2, 0) is 0 Å². The highest BCUT2D eigenvalue weighted by atomic mass is 16.2. The highest BCUT2D eigenvalue weighted by Crippen LogP contribution is 2.42. The van der Waals surface area contributed by atoms with Crippen LogP contribution in [0.1, 0.15) is 6.42 Å². The van der Waals surface area contributed by atoms with Crippen LogP contribution in [0.2, 0.25) is 0 Å². The van der Waals surface area contributed by atoms with Gasteiger partial charge in [-0.3, -0.25) is 0 Å². The van der Waals surface area contributed by atoms with Crippen LogP contribution < -0.4 is 11.2 Å². The van der Waals surface area contributed by atoms with E-state index in [4.69, 9.17) is 5.73 Å². The first-order valence-corrected chi connectivity index (χ1v) is 4.25. The molecule has 0 saturated heterocycles. The summed E-state index contributed by atoms with van der Waals surface area (Å²) in [4.78, 5) is 10.4. The topological polar surface area (TPSA) is 67.5 Å². The van der Waals surface area contributed by atoms with Gasteiger partial charge in [0.05, 0.1) is 5.71 Å². The first kappa shape index (κ1) is 8.04. The Morgan fingerprint density at radius 3 is 3.23 bits per heavy atom. The van der Waals surface area contributed by atoms with Gasteiger partial charge in [-0.05, 0) is 18.4 Å². The van der Waals surface area contributed by atoms with E-state index in [9.17, 15) is 4.79 Å². The summed E-state index contributed by atoms with van der Waals surface area (Å²) in [5, 5.41) is 3.93. The van der Waals surface area contributed by atoms with Crippen molar-refractivity contribution >= 4 is 11.7 Å². The summed E-state index contributed by atoms with van der Waals surface area (Å²) in [7, 11) is 0. The monoisotopic (exact) mass is 177 g/mol. The number of urea groups is 1. The number of nitrogens with one attached hydrogen (secondary N) is 1. The molecule has 0 bridgehead atoms. The first-order chi connectivity index (χ1) is 6.27. The lowest BCUT2D eigenvalue weighted by molar-refractivity contribution is 0.249. The third-order valence-electron chi connectivity index (χ3n) is 2.25. The van der Waals surface area contributed by atoms with Gasteiger partial charge in [-0.1, -0.05) is 18.2 Å². The smallest absolute Gasteiger partial charge is 0.332 e. The molecule has 1 fully saturated rings. The number of amides is 2. The van der Waals surface area contributed by atoms with Gasteiger partial charge in [0.25, 0.3) is 0 Å². The molecule has 4 heteroatoms. The number of primary amides is 1. The molecule has 2 atom stereocenters. The predicted octanol–water partition coefficient (Wildman–Crippen LogP) is 0.773. The number of fused-ring (bicyclic) bond motifs is 1. The van der Waals surface area contributed by atoms with Gasteiger partial charge in [-0.15, -0.1) is 0 Å². The van der Waals surface area contributed by atoms with E-state index >= 15 is 0 Å². The zero-order valence-corrected chi connectivity index (χ0v) is 7.10. The standard InChI is InChI=1S/C9H11N3O/c10-9(13)12-11-8-4-2-1-3-6-5-7(6)8/h1-4,6-7H,5H2,(H3,10,12,13)/b11-8+/t6-,7-/m1/s1. The molecule has 2 aliphatic rings. The van der Waals surface area contributed by atoms with Crippen molar-refractivity contribution in [3.05, 3.63) is 24.3 Å². The van der Waals surface area contributed by atoms with Crippen molar-refractivity contribution in [3.8, 4) is 0 Å². The first-order valence-electron chi connectivity index (χ1n) is 4.25. The third-order valence-corrected chi connectivity index (χ3v) is 2.25. The summed E-state index contributed by atoms with van der Waals surface area (Å²) in [6, 6.07) is -0.615. The Morgan fingerprint density at radius 2 is 2.46 bits per heavy atom. The molecule has 0 radical (unpaired) electrons. The lowest BCUT2D eigenvalue weighted by Crippen LogP contribution is -2.25. The van der Waals surface area contributed by atoms with Gasteiger partial charge in [-0.2, -0.15) is 5.10 Å². The molecule has 0 unspecified atom stereocenters. The minimum absolute atomic E-state index is 0.474. The molecule has 68 valence electrons. The molecule has 0 aromatic heterocycles. The molecule has 1 saturated carbocycles. The maximum Gasteiger partial charge on any atom is 0.332 e. The van der Waals surface area contributed by atoms with E-state index in [-0.39, 0.29) is 0 Å². The summed E-state index contributed by atoms with van der Waals surface area (Å²) >= 11 is 0. The molecule has 0 heterocycles. The largest absolute Gasteiger partial charge is 0.350 e. The van der Waals surface area contributed by atoms with Gasteiger partial charge in [0.1, 0.15) is 0 Å². The Bertz CT molecular complexity index is 317. The average molecular weight is 177 g/mol. The minimum atomic E-state index is -0.615. The molecular weight excluding hydrogens is 166 g/mol. The fraction of sp³-hybridized carbons (Fsp3) is 0.333. The lowest BCUT2D eigenvalue weighted by atomic mass is 10.2. The molecule has 2 amide bonds. The number of carbonyl (C=O) groups is 1. The molecule has 4 nitrogen and oxygen atoms in total. The van der Waals surface area contributed by atoms with Crippen LogP contribution >= 0.6 is 0 Å². The summed E-state index contributed by atoms with van der Waals surface area (Å²) in [6.07, 6.45) is 9.13. The minimum Gasteiger partial charge on any atom is -0.350 e. The Labute approximate surface area is 76.2 Å². The van der Waals surface area contributed by atoms with Crippen LogP contribution in [0.25, 0.3) is 0 Å². The van der Waals surface area contributed by atoms with Gasteiger partial charge in [0.15, 0.2) is 0 Å². The quantitative estimate of drug-likeness (QED) is 0.571. The molecule has 0 aromatic carbocycles. The average Bonchev–Trinajstić information content (AvgIpc) is 2.79. The van der Waals surface area contributed by atoms with Crippen LogP contribution in [0.3, 0.4) is 0 Å². The Kier molecular flexibility index (Phi) is 1.88. The van der Waals surface area contributed by atoms with E-state index in [1.54, 1.807) is 0 Å². The van der Waals surface area contributed by atoms with Gasteiger partial charge in [-0.25, -0.2) is 10.2 Å². The van der Waals surface area contributed by atoms with E-state index in [1.807, 2.05) is 18.2 Å². The number of rotatable bonds is 1. The van der Waals surface area contributed by atoms with Crippen molar-refractivity contribution in [1.82, 2.24) is 5.43 Å². The molecule has 3 N–H and O–H groups in total. The van der Waals surface area contributed by atoms with Crippen LogP contribution in [-0.4, -0.2) is 11.7 Å². The molecule has 0 aromatic rings. The highest BCUT2D eigenvalue weighted by molar-refractivity contribution is 6.00. The van der Waals surface area contributed by atoms with Crippen LogP contribution in [0.5, 0.6) is 0 Å². The van der Waals surface area contributed by atoms with Crippen molar-refractivity contribution in [2.24, 2.45) is 22.7 Å². The van der Waals surface area contributed by atoms with Crippen LogP contribution in [0.15, 0.2) is 29.4 Å². The number of nitrogens with zero attached hydrogens (tertiary/aromatic N) is 1. The maximum absolute atomic E-state index is 10.4. The van der Waals surface area contributed by atoms with Gasteiger partial charge < -0.3 is 5.73 Å². The van der Waals surface area contributed by atoms with E-state index in [0.29, 0.717) is 11.8 Å². The number of hydrogen-bond donors (Lipinski definition) is 2. The Morgan fingerprint density at radius 1 is 1.62 bits per heavy atom. The zero-order valence-electron chi connectivity index (χ0n) is 7.10. The third kappa shape index (κ3) is 1.77. The molecule has 0 aliphatic heterocycles. The Hall–Kier alpha value is -1.58. The number of carbonyl (C=O) groups excluding carboxylic acids is 1. The summed E-state index contributed by atoms with van der Waals surface area (Å²) in [5.74, 6) is 1.07. The summed E-state index contributed by atoms with van der Waals surface area (Å²) in [6.45, 7) is 0. The van der Waals surface area contributed by atoms with Gasteiger partial charge in [0.2, 0.25) is 0 Å². The van der Waals surface area contributed by atoms with Crippen molar-refractivity contribution in [3.63, 3.8) is 0 Å². The molecule has 0 spiro atoms. The van der Waals surface area contributed by atoms with E-state index in [1.165, 1.54) is 0 Å². The summed E-state index contributed by atoms with van der Waals surface area (Å²) in [5.41, 5.74) is 8.07.